The van der Waals surface area contributed by atoms with Gasteiger partial charge >= 0.3 is 11.9 Å². The summed E-state index contributed by atoms with van der Waals surface area (Å²) in [4.78, 5) is 20.8. The molecule has 150 valence electrons. The summed E-state index contributed by atoms with van der Waals surface area (Å²) in [5.41, 5.74) is -1.43. The molecule has 0 bridgehead atoms. The van der Waals surface area contributed by atoms with Crippen molar-refractivity contribution in [1.82, 2.24) is 9.97 Å². The Morgan fingerprint density at radius 1 is 1.36 bits per heavy atom. The molecule has 1 fully saturated rings. The van der Waals surface area contributed by atoms with Gasteiger partial charge in [-0.3, -0.25) is 10.1 Å². The Morgan fingerprint density at radius 3 is 2.75 bits per heavy atom. The zero-order valence-electron chi connectivity index (χ0n) is 14.8. The number of nitrogens with zero attached hydrogens (tertiary/aromatic N) is 4. The summed E-state index contributed by atoms with van der Waals surface area (Å²) in [6.07, 6.45) is -1.60. The van der Waals surface area contributed by atoms with E-state index in [1.54, 1.807) is 0 Å². The zero-order valence-corrected chi connectivity index (χ0v) is 15.6. The molecule has 1 aliphatic rings. The molecule has 1 N–H and O–H groups in total. The van der Waals surface area contributed by atoms with E-state index in [9.17, 15) is 23.3 Å². The molecule has 1 unspecified atom stereocenters. The molecule has 1 aromatic heterocycles. The minimum Gasteiger partial charge on any atom is -0.350 e. The largest absolute Gasteiger partial charge is 0.417 e. The third kappa shape index (κ3) is 4.27. The van der Waals surface area contributed by atoms with Crippen LogP contribution in [0.3, 0.4) is 0 Å². The molecule has 0 aliphatic carbocycles. The maximum absolute atomic E-state index is 13.1. The first-order valence-corrected chi connectivity index (χ1v) is 8.92. The number of anilines is 3. The van der Waals surface area contributed by atoms with Gasteiger partial charge in [-0.2, -0.15) is 13.2 Å². The Balaban J connectivity index is 1.99. The average molecular weight is 416 g/mol. The Kier molecular flexibility index (Phi) is 5.59. The SMILES string of the molecule is CC1CCCN(c2ncnc(Nc3ccc(Cl)c(C(F)(F)F)c3)c2[N+](=O)[O-])C1. The molecule has 3 rings (SSSR count). The number of halogens is 4. The van der Waals surface area contributed by atoms with Gasteiger partial charge in [0, 0.05) is 18.8 Å². The van der Waals surface area contributed by atoms with Crippen molar-refractivity contribution in [1.29, 1.82) is 0 Å². The van der Waals surface area contributed by atoms with Gasteiger partial charge in [0.2, 0.25) is 11.6 Å². The molecule has 1 aromatic carbocycles. The van der Waals surface area contributed by atoms with Crippen molar-refractivity contribution in [3.8, 4) is 0 Å². The molecule has 2 heterocycles. The molecular formula is C17H17ClF3N5O2. The van der Waals surface area contributed by atoms with Crippen LogP contribution in [-0.2, 0) is 6.18 Å². The van der Waals surface area contributed by atoms with Crippen molar-refractivity contribution in [2.45, 2.75) is 25.9 Å². The van der Waals surface area contributed by atoms with Crippen LogP contribution < -0.4 is 10.2 Å². The number of benzene rings is 1. The summed E-state index contributed by atoms with van der Waals surface area (Å²) >= 11 is 5.62. The van der Waals surface area contributed by atoms with E-state index in [4.69, 9.17) is 11.6 Å². The second-order valence-corrected chi connectivity index (χ2v) is 7.07. The predicted molar refractivity (Wildman–Crippen MR) is 99.0 cm³/mol. The standard InChI is InChI=1S/C17H17ClF3N5O2/c1-10-3-2-6-25(8-10)16-14(26(27)28)15(22-9-23-16)24-11-4-5-13(18)12(7-11)17(19,20)21/h4-5,7,9-10H,2-3,6,8H2,1H3,(H,22,23,24). The van der Waals surface area contributed by atoms with E-state index < -0.39 is 21.7 Å². The highest BCUT2D eigenvalue weighted by Crippen LogP contribution is 2.39. The Hall–Kier alpha value is -2.62. The maximum Gasteiger partial charge on any atom is 0.417 e. The van der Waals surface area contributed by atoms with Crippen LogP contribution in [0.4, 0.5) is 36.2 Å². The first-order chi connectivity index (χ1) is 13.2. The van der Waals surface area contributed by atoms with Crippen LogP contribution in [0.25, 0.3) is 0 Å². The predicted octanol–water partition coefficient (Wildman–Crippen LogP) is 5.04. The van der Waals surface area contributed by atoms with Gasteiger partial charge in [-0.1, -0.05) is 18.5 Å². The maximum atomic E-state index is 13.1. The topological polar surface area (TPSA) is 84.2 Å². The lowest BCUT2D eigenvalue weighted by Crippen LogP contribution is -2.35. The lowest BCUT2D eigenvalue weighted by molar-refractivity contribution is -0.383. The molecule has 0 amide bonds. The van der Waals surface area contributed by atoms with Gasteiger partial charge in [-0.05, 0) is 37.0 Å². The van der Waals surface area contributed by atoms with Crippen LogP contribution in [0, 0.1) is 16.0 Å². The molecule has 11 heteroatoms. The molecule has 0 spiro atoms. The van der Waals surface area contributed by atoms with Gasteiger partial charge in [0.1, 0.15) is 6.33 Å². The Labute approximate surface area is 163 Å². The molecule has 1 atom stereocenters. The summed E-state index contributed by atoms with van der Waals surface area (Å²) in [6.45, 7) is 3.27. The van der Waals surface area contributed by atoms with Gasteiger partial charge in [-0.15, -0.1) is 0 Å². The second kappa shape index (κ2) is 7.78. The summed E-state index contributed by atoms with van der Waals surface area (Å²) in [7, 11) is 0. The molecular weight excluding hydrogens is 399 g/mol. The minimum absolute atomic E-state index is 0.0171. The number of aromatic nitrogens is 2. The first-order valence-electron chi connectivity index (χ1n) is 8.55. The van der Waals surface area contributed by atoms with Crippen LogP contribution in [0.5, 0.6) is 0 Å². The van der Waals surface area contributed by atoms with Crippen LogP contribution in [0.1, 0.15) is 25.3 Å². The van der Waals surface area contributed by atoms with E-state index in [-0.39, 0.29) is 23.0 Å². The first kappa shape index (κ1) is 20.1. The number of hydrogen-bond acceptors (Lipinski definition) is 6. The quantitative estimate of drug-likeness (QED) is 0.556. The highest BCUT2D eigenvalue weighted by molar-refractivity contribution is 6.31. The van der Waals surface area contributed by atoms with Crippen molar-refractivity contribution in [3.63, 3.8) is 0 Å². The number of alkyl halides is 3. The number of piperidine rings is 1. The average Bonchev–Trinajstić information content (AvgIpc) is 2.62. The number of nitrogens with one attached hydrogen (secondary N) is 1. The van der Waals surface area contributed by atoms with Gasteiger partial charge in [-0.25, -0.2) is 9.97 Å². The Morgan fingerprint density at radius 2 is 2.11 bits per heavy atom. The van der Waals surface area contributed by atoms with Gasteiger partial charge < -0.3 is 10.2 Å². The second-order valence-electron chi connectivity index (χ2n) is 6.66. The van der Waals surface area contributed by atoms with Crippen molar-refractivity contribution in [3.05, 3.63) is 45.2 Å². The molecule has 28 heavy (non-hydrogen) atoms. The van der Waals surface area contributed by atoms with Crippen molar-refractivity contribution < 1.29 is 18.1 Å². The number of nitro groups is 1. The molecule has 7 nitrogen and oxygen atoms in total. The lowest BCUT2D eigenvalue weighted by Gasteiger charge is -2.31. The van der Waals surface area contributed by atoms with Crippen LogP contribution in [0.15, 0.2) is 24.5 Å². The van der Waals surface area contributed by atoms with E-state index in [2.05, 4.69) is 15.3 Å². The van der Waals surface area contributed by atoms with E-state index in [1.165, 1.54) is 6.07 Å². The normalized spacial score (nSPS) is 17.5. The molecule has 1 saturated heterocycles. The summed E-state index contributed by atoms with van der Waals surface area (Å²) in [5.74, 6) is 0.327. The molecule has 0 saturated carbocycles. The van der Waals surface area contributed by atoms with Gasteiger partial charge in [0.25, 0.3) is 0 Å². The summed E-state index contributed by atoms with van der Waals surface area (Å²) in [6, 6.07) is 3.16. The van der Waals surface area contributed by atoms with E-state index in [0.717, 1.165) is 31.3 Å². The fourth-order valence-electron chi connectivity index (χ4n) is 3.20. The molecule has 0 radical (unpaired) electrons. The lowest BCUT2D eigenvalue weighted by atomic mass is 10.0. The highest BCUT2D eigenvalue weighted by Gasteiger charge is 2.34. The highest BCUT2D eigenvalue weighted by atomic mass is 35.5. The van der Waals surface area contributed by atoms with E-state index in [1.807, 2.05) is 11.8 Å². The monoisotopic (exact) mass is 415 g/mol. The zero-order chi connectivity index (χ0) is 20.5. The third-order valence-corrected chi connectivity index (χ3v) is 4.81. The van der Waals surface area contributed by atoms with E-state index >= 15 is 0 Å². The molecule has 1 aliphatic heterocycles. The number of hydrogen-bond donors (Lipinski definition) is 1. The molecule has 2 aromatic rings. The fraction of sp³-hybridized carbons (Fsp3) is 0.412. The smallest absolute Gasteiger partial charge is 0.350 e. The van der Waals surface area contributed by atoms with Crippen LogP contribution >= 0.6 is 11.6 Å². The minimum atomic E-state index is -4.65. The Bertz CT molecular complexity index is 894. The van der Waals surface area contributed by atoms with Gasteiger partial charge in [0.15, 0.2) is 0 Å². The van der Waals surface area contributed by atoms with Crippen molar-refractivity contribution in [2.24, 2.45) is 5.92 Å². The fourth-order valence-corrected chi connectivity index (χ4v) is 3.42. The van der Waals surface area contributed by atoms with Crippen molar-refractivity contribution in [2.75, 3.05) is 23.3 Å². The van der Waals surface area contributed by atoms with Gasteiger partial charge in [0.05, 0.1) is 15.5 Å². The van der Waals surface area contributed by atoms with Crippen LogP contribution in [-0.4, -0.2) is 28.0 Å². The summed E-state index contributed by atoms with van der Waals surface area (Å²) in [5, 5.41) is 13.8. The summed E-state index contributed by atoms with van der Waals surface area (Å²) < 4.78 is 39.2. The van der Waals surface area contributed by atoms with E-state index in [0.29, 0.717) is 19.0 Å². The number of rotatable bonds is 4. The van der Waals surface area contributed by atoms with Crippen LogP contribution in [0.2, 0.25) is 5.02 Å². The third-order valence-electron chi connectivity index (χ3n) is 4.48. The van der Waals surface area contributed by atoms with Crippen molar-refractivity contribution >= 4 is 34.6 Å².